The van der Waals surface area contributed by atoms with Crippen molar-refractivity contribution in [3.8, 4) is 0 Å². The first-order valence-electron chi connectivity index (χ1n) is 35.8. The van der Waals surface area contributed by atoms with Gasteiger partial charge in [-0.3, -0.25) is 37.3 Å². The average molecular weight is 1280 g/mol. The lowest BCUT2D eigenvalue weighted by Crippen LogP contribution is -2.30. The summed E-state index contributed by atoms with van der Waals surface area (Å²) in [5.41, 5.74) is 0. The van der Waals surface area contributed by atoms with Gasteiger partial charge >= 0.3 is 39.5 Å². The van der Waals surface area contributed by atoms with Crippen LogP contribution in [0.4, 0.5) is 0 Å². The van der Waals surface area contributed by atoms with E-state index >= 15 is 0 Å². The Morgan fingerprint density at radius 1 is 0.276 bits per heavy atom. The summed E-state index contributed by atoms with van der Waals surface area (Å²) in [7, 11) is -9.88. The third-order valence-electron chi connectivity index (χ3n) is 15.9. The van der Waals surface area contributed by atoms with Gasteiger partial charge < -0.3 is 33.8 Å². The lowest BCUT2D eigenvalue weighted by Gasteiger charge is -2.21. The maximum absolute atomic E-state index is 13.0. The van der Waals surface area contributed by atoms with Gasteiger partial charge in [0, 0.05) is 25.7 Å². The van der Waals surface area contributed by atoms with E-state index < -0.39 is 97.5 Å². The van der Waals surface area contributed by atoms with Crippen LogP contribution in [-0.4, -0.2) is 96.7 Å². The molecule has 0 spiro atoms. The molecule has 0 fully saturated rings. The Kier molecular flexibility index (Phi) is 61.4. The van der Waals surface area contributed by atoms with E-state index in [1.54, 1.807) is 0 Å². The van der Waals surface area contributed by atoms with Crippen molar-refractivity contribution in [3.05, 3.63) is 0 Å². The van der Waals surface area contributed by atoms with Crippen LogP contribution in [-0.2, 0) is 65.4 Å². The molecular formula is C68H132O17P2. The van der Waals surface area contributed by atoms with Gasteiger partial charge in [0.2, 0.25) is 0 Å². The van der Waals surface area contributed by atoms with Gasteiger partial charge in [-0.1, -0.05) is 304 Å². The third-order valence-corrected chi connectivity index (χ3v) is 17.8. The van der Waals surface area contributed by atoms with E-state index in [0.717, 1.165) is 116 Å². The number of hydrogen-bond acceptors (Lipinski definition) is 15. The Labute approximate surface area is 530 Å². The fraction of sp³-hybridized carbons (Fsp3) is 0.941. The van der Waals surface area contributed by atoms with Gasteiger partial charge in [-0.25, -0.2) is 9.13 Å². The molecule has 17 nitrogen and oxygen atoms in total. The van der Waals surface area contributed by atoms with Crippen molar-refractivity contribution in [1.82, 2.24) is 0 Å². The van der Waals surface area contributed by atoms with Crippen molar-refractivity contribution < 1.29 is 80.2 Å². The van der Waals surface area contributed by atoms with Crippen LogP contribution in [0.1, 0.15) is 355 Å². The molecule has 0 radical (unpaired) electrons. The van der Waals surface area contributed by atoms with Gasteiger partial charge in [0.05, 0.1) is 26.4 Å². The van der Waals surface area contributed by atoms with Crippen LogP contribution in [0.2, 0.25) is 0 Å². The van der Waals surface area contributed by atoms with Gasteiger partial charge in [0.15, 0.2) is 12.2 Å². The number of hydrogen-bond donors (Lipinski definition) is 3. The highest BCUT2D eigenvalue weighted by atomic mass is 31.2. The number of aliphatic hydroxyl groups excluding tert-OH is 1. The number of phosphoric ester groups is 2. The molecule has 0 rings (SSSR count). The molecule has 2 unspecified atom stereocenters. The maximum Gasteiger partial charge on any atom is 0.472 e. The largest absolute Gasteiger partial charge is 0.472 e. The summed E-state index contributed by atoms with van der Waals surface area (Å²) in [6, 6.07) is 0. The van der Waals surface area contributed by atoms with Crippen LogP contribution >= 0.6 is 15.6 Å². The van der Waals surface area contributed by atoms with Crippen molar-refractivity contribution in [2.45, 2.75) is 373 Å². The number of carbonyl (C=O) groups is 4. The van der Waals surface area contributed by atoms with Crippen LogP contribution in [0, 0.1) is 0 Å². The smallest absolute Gasteiger partial charge is 0.462 e. The van der Waals surface area contributed by atoms with Crippen molar-refractivity contribution in [2.75, 3.05) is 39.6 Å². The molecular weight excluding hydrogens is 1150 g/mol. The summed E-state index contributed by atoms with van der Waals surface area (Å²) in [6.07, 6.45) is 50.3. The second kappa shape index (κ2) is 62.8. The summed E-state index contributed by atoms with van der Waals surface area (Å²) >= 11 is 0. The zero-order chi connectivity index (χ0) is 64.0. The van der Waals surface area contributed by atoms with Gasteiger partial charge in [-0.15, -0.1) is 0 Å². The van der Waals surface area contributed by atoms with Crippen molar-refractivity contribution in [1.29, 1.82) is 0 Å². The summed E-state index contributed by atoms with van der Waals surface area (Å²) in [4.78, 5) is 72.2. The molecule has 0 aromatic carbocycles. The highest BCUT2D eigenvalue weighted by molar-refractivity contribution is 7.47. The predicted octanol–water partition coefficient (Wildman–Crippen LogP) is 19.5. The number of aliphatic hydroxyl groups is 1. The minimum absolute atomic E-state index is 0.104. The van der Waals surface area contributed by atoms with Crippen LogP contribution < -0.4 is 0 Å². The van der Waals surface area contributed by atoms with Crippen LogP contribution in [0.15, 0.2) is 0 Å². The molecule has 0 aliphatic carbocycles. The normalized spacial score (nSPS) is 14.1. The highest BCUT2D eigenvalue weighted by Gasteiger charge is 2.30. The number of carbonyl (C=O) groups excluding carboxylic acids is 4. The Morgan fingerprint density at radius 2 is 0.460 bits per heavy atom. The second-order valence-electron chi connectivity index (χ2n) is 24.6. The van der Waals surface area contributed by atoms with Crippen molar-refractivity contribution >= 4 is 39.5 Å². The Bertz CT molecular complexity index is 1670. The molecule has 3 N–H and O–H groups in total. The molecule has 0 amide bonds. The first-order chi connectivity index (χ1) is 42.2. The van der Waals surface area contributed by atoms with Crippen LogP contribution in [0.5, 0.6) is 0 Å². The molecule has 0 aliphatic rings. The van der Waals surface area contributed by atoms with E-state index in [1.165, 1.54) is 161 Å². The highest BCUT2D eigenvalue weighted by Crippen LogP contribution is 2.45. The molecule has 0 saturated carbocycles. The summed E-state index contributed by atoms with van der Waals surface area (Å²) in [6.45, 7) is 4.85. The Morgan fingerprint density at radius 3 is 0.678 bits per heavy atom. The molecule has 0 aromatic rings. The zero-order valence-corrected chi connectivity index (χ0v) is 57.8. The minimum atomic E-state index is -4.95. The SMILES string of the molecule is CCCCCCCCCCCCCCCCCCCC(=O)O[C@H](COC(=O)CCCCCCCCCCCCCCCCCC)COP(=O)(O)OC[C@@H](O)COP(=O)(O)OC[C@@H](COC(=O)CCCCCCCCC)OC(=O)CCCCCCCCC. The first kappa shape index (κ1) is 85.1. The van der Waals surface area contributed by atoms with E-state index in [-0.39, 0.29) is 25.7 Å². The van der Waals surface area contributed by atoms with Gasteiger partial charge in [-0.2, -0.15) is 0 Å². The number of unbranched alkanes of at least 4 members (excludes halogenated alkanes) is 43. The lowest BCUT2D eigenvalue weighted by molar-refractivity contribution is -0.161. The van der Waals surface area contributed by atoms with E-state index in [1.807, 2.05) is 0 Å². The quantitative estimate of drug-likeness (QED) is 0.0222. The fourth-order valence-corrected chi connectivity index (χ4v) is 11.9. The summed E-state index contributed by atoms with van der Waals surface area (Å²) in [5, 5.41) is 10.5. The lowest BCUT2D eigenvalue weighted by atomic mass is 10.0. The fourth-order valence-electron chi connectivity index (χ4n) is 10.3. The first-order valence-corrected chi connectivity index (χ1v) is 38.8. The predicted molar refractivity (Wildman–Crippen MR) is 349 cm³/mol. The summed E-state index contributed by atoms with van der Waals surface area (Å²) in [5.74, 6) is -2.13. The van der Waals surface area contributed by atoms with E-state index in [0.29, 0.717) is 25.7 Å². The molecule has 0 heterocycles. The summed E-state index contributed by atoms with van der Waals surface area (Å²) < 4.78 is 68.0. The minimum Gasteiger partial charge on any atom is -0.462 e. The molecule has 0 saturated heterocycles. The van der Waals surface area contributed by atoms with Crippen molar-refractivity contribution in [2.24, 2.45) is 0 Å². The third kappa shape index (κ3) is 62.6. The molecule has 0 aromatic heterocycles. The number of phosphoric acid groups is 2. The molecule has 19 heteroatoms. The zero-order valence-electron chi connectivity index (χ0n) is 56.0. The topological polar surface area (TPSA) is 237 Å². The van der Waals surface area contributed by atoms with Crippen LogP contribution in [0.3, 0.4) is 0 Å². The average Bonchev–Trinajstić information content (AvgIpc) is 3.58. The van der Waals surface area contributed by atoms with Crippen LogP contribution in [0.25, 0.3) is 0 Å². The number of rotatable bonds is 69. The number of esters is 4. The maximum atomic E-state index is 13.0. The van der Waals surface area contributed by atoms with Gasteiger partial charge in [-0.05, 0) is 25.7 Å². The molecule has 87 heavy (non-hydrogen) atoms. The standard InChI is InChI=1S/C68H132O17P2/c1-5-9-13-17-21-23-25-27-29-31-33-35-37-39-43-47-51-55-68(73)85-64(59-79-66(71)53-49-45-42-38-36-34-32-30-28-26-24-22-18-14-10-6-2)61-83-87(76,77)81-57-62(69)56-80-86(74,75)82-60-63(84-67(72)54-50-46-41-20-16-12-8-4)58-78-65(70)52-48-44-40-19-15-11-7-3/h62-64,69H,5-61H2,1-4H3,(H,74,75)(H,76,77)/t62-,63+,64+/m0/s1. The molecule has 5 atom stereocenters. The van der Waals surface area contributed by atoms with E-state index in [9.17, 15) is 43.2 Å². The van der Waals surface area contributed by atoms with Gasteiger partial charge in [0.1, 0.15) is 19.3 Å². The van der Waals surface area contributed by atoms with E-state index in [4.69, 9.17) is 37.0 Å². The molecule has 0 bridgehead atoms. The van der Waals surface area contributed by atoms with Crippen molar-refractivity contribution in [3.63, 3.8) is 0 Å². The molecule has 516 valence electrons. The van der Waals surface area contributed by atoms with E-state index in [2.05, 4.69) is 27.7 Å². The second-order valence-corrected chi connectivity index (χ2v) is 27.5. The Hall–Kier alpha value is -1.94. The molecule has 0 aliphatic heterocycles. The monoisotopic (exact) mass is 1280 g/mol. The van der Waals surface area contributed by atoms with Gasteiger partial charge in [0.25, 0.3) is 0 Å². The Balaban J connectivity index is 5.15. The number of ether oxygens (including phenoxy) is 4.